The largest absolute Gasteiger partial charge is 0.330 e. The molecule has 2 heteroatoms. The Morgan fingerprint density at radius 1 is 1.46 bits per heavy atom. The minimum Gasteiger partial charge on any atom is -0.330 e. The van der Waals surface area contributed by atoms with Crippen LogP contribution in [0.1, 0.15) is 19.4 Å². The highest BCUT2D eigenvalue weighted by molar-refractivity contribution is 5.09. The van der Waals surface area contributed by atoms with Gasteiger partial charge in [-0.3, -0.25) is 4.98 Å². The Morgan fingerprint density at radius 3 is 2.69 bits per heavy atom. The molecule has 1 aromatic heterocycles. The molecule has 2 N–H and O–H groups in total. The first-order valence-corrected chi connectivity index (χ1v) is 4.83. The van der Waals surface area contributed by atoms with Crippen molar-refractivity contribution in [3.05, 3.63) is 30.1 Å². The van der Waals surface area contributed by atoms with E-state index in [1.54, 1.807) is 6.20 Å². The minimum atomic E-state index is 0.573. The predicted octanol–water partition coefficient (Wildman–Crippen LogP) is 1.86. The molecular formula is C11H18N2. The highest BCUT2D eigenvalue weighted by Gasteiger charge is 2.11. The van der Waals surface area contributed by atoms with Crippen molar-refractivity contribution in [3.8, 4) is 0 Å². The molecule has 2 nitrogen and oxygen atoms in total. The highest BCUT2D eigenvalue weighted by Crippen LogP contribution is 2.14. The van der Waals surface area contributed by atoms with Crippen molar-refractivity contribution < 1.29 is 0 Å². The summed E-state index contributed by atoms with van der Waals surface area (Å²) in [6.45, 7) is 5.19. The van der Waals surface area contributed by atoms with E-state index >= 15 is 0 Å². The molecule has 13 heavy (non-hydrogen) atoms. The quantitative estimate of drug-likeness (QED) is 0.764. The van der Waals surface area contributed by atoms with E-state index in [1.165, 1.54) is 5.56 Å². The number of nitrogens with zero attached hydrogens (tertiary/aromatic N) is 1. The van der Waals surface area contributed by atoms with Crippen LogP contribution in [0.2, 0.25) is 0 Å². The van der Waals surface area contributed by atoms with E-state index in [9.17, 15) is 0 Å². The predicted molar refractivity (Wildman–Crippen MR) is 55.3 cm³/mol. The summed E-state index contributed by atoms with van der Waals surface area (Å²) in [5.74, 6) is 1.22. The van der Waals surface area contributed by atoms with Gasteiger partial charge in [0.2, 0.25) is 0 Å². The lowest BCUT2D eigenvalue weighted by molar-refractivity contribution is 0.391. The molecule has 1 atom stereocenters. The lowest BCUT2D eigenvalue weighted by atomic mass is 9.90. The molecule has 0 saturated heterocycles. The van der Waals surface area contributed by atoms with E-state index in [1.807, 2.05) is 12.3 Å². The Kier molecular flexibility index (Phi) is 3.90. The van der Waals surface area contributed by atoms with Crippen molar-refractivity contribution in [3.63, 3.8) is 0 Å². The Hall–Kier alpha value is -0.890. The SMILES string of the molecule is CC(C)C(CN)Cc1cccnc1. The number of aromatic nitrogens is 1. The molecular weight excluding hydrogens is 160 g/mol. The molecule has 1 heterocycles. The van der Waals surface area contributed by atoms with E-state index in [4.69, 9.17) is 5.73 Å². The third-order valence-corrected chi connectivity index (χ3v) is 2.47. The van der Waals surface area contributed by atoms with Crippen LogP contribution in [0.25, 0.3) is 0 Å². The van der Waals surface area contributed by atoms with Crippen molar-refractivity contribution in [2.75, 3.05) is 6.54 Å². The molecule has 0 aliphatic carbocycles. The summed E-state index contributed by atoms with van der Waals surface area (Å²) < 4.78 is 0. The van der Waals surface area contributed by atoms with Gasteiger partial charge in [-0.2, -0.15) is 0 Å². The van der Waals surface area contributed by atoms with Crippen LogP contribution in [-0.2, 0) is 6.42 Å². The van der Waals surface area contributed by atoms with E-state index in [0.29, 0.717) is 11.8 Å². The molecule has 0 amide bonds. The topological polar surface area (TPSA) is 38.9 Å². The molecule has 0 bridgehead atoms. The monoisotopic (exact) mass is 178 g/mol. The lowest BCUT2D eigenvalue weighted by Crippen LogP contribution is -2.22. The van der Waals surface area contributed by atoms with Crippen LogP contribution in [0, 0.1) is 11.8 Å². The summed E-state index contributed by atoms with van der Waals surface area (Å²) in [5, 5.41) is 0. The van der Waals surface area contributed by atoms with Gasteiger partial charge >= 0.3 is 0 Å². The highest BCUT2D eigenvalue weighted by atomic mass is 14.6. The maximum Gasteiger partial charge on any atom is 0.0299 e. The Morgan fingerprint density at radius 2 is 2.23 bits per heavy atom. The van der Waals surface area contributed by atoms with Crippen LogP contribution in [0.4, 0.5) is 0 Å². The third-order valence-electron chi connectivity index (χ3n) is 2.47. The molecule has 0 saturated carbocycles. The minimum absolute atomic E-state index is 0.573. The number of hydrogen-bond donors (Lipinski definition) is 1. The van der Waals surface area contributed by atoms with Gasteiger partial charge in [0.1, 0.15) is 0 Å². The first-order chi connectivity index (χ1) is 6.24. The summed E-state index contributed by atoms with van der Waals surface area (Å²) in [6, 6.07) is 4.08. The Bertz CT molecular complexity index is 231. The fourth-order valence-electron chi connectivity index (χ4n) is 1.41. The van der Waals surface area contributed by atoms with Crippen molar-refractivity contribution in [2.24, 2.45) is 17.6 Å². The molecule has 1 rings (SSSR count). The molecule has 0 aromatic carbocycles. The van der Waals surface area contributed by atoms with Crippen LogP contribution in [0.5, 0.6) is 0 Å². The summed E-state index contributed by atoms with van der Waals surface area (Å²) in [5.41, 5.74) is 6.99. The fourth-order valence-corrected chi connectivity index (χ4v) is 1.41. The van der Waals surface area contributed by atoms with Gasteiger partial charge in [-0.1, -0.05) is 19.9 Å². The smallest absolute Gasteiger partial charge is 0.0299 e. The van der Waals surface area contributed by atoms with E-state index in [-0.39, 0.29) is 0 Å². The zero-order valence-electron chi connectivity index (χ0n) is 8.40. The van der Waals surface area contributed by atoms with Gasteiger partial charge < -0.3 is 5.73 Å². The number of nitrogens with two attached hydrogens (primary N) is 1. The molecule has 0 radical (unpaired) electrons. The van der Waals surface area contributed by atoms with Gasteiger partial charge in [0.05, 0.1) is 0 Å². The van der Waals surface area contributed by atoms with Crippen LogP contribution in [-0.4, -0.2) is 11.5 Å². The maximum atomic E-state index is 5.70. The summed E-state index contributed by atoms with van der Waals surface area (Å²) >= 11 is 0. The van der Waals surface area contributed by atoms with Gasteiger partial charge in [0.25, 0.3) is 0 Å². The van der Waals surface area contributed by atoms with Gasteiger partial charge in [-0.25, -0.2) is 0 Å². The van der Waals surface area contributed by atoms with Gasteiger partial charge in [-0.15, -0.1) is 0 Å². The van der Waals surface area contributed by atoms with E-state index < -0.39 is 0 Å². The van der Waals surface area contributed by atoms with Crippen LogP contribution < -0.4 is 5.73 Å². The normalized spacial score (nSPS) is 13.2. The van der Waals surface area contributed by atoms with Crippen LogP contribution in [0.15, 0.2) is 24.5 Å². The lowest BCUT2D eigenvalue weighted by Gasteiger charge is -2.18. The average Bonchev–Trinajstić information content (AvgIpc) is 2.15. The number of pyridine rings is 1. The second-order valence-electron chi connectivity index (χ2n) is 3.81. The third kappa shape index (κ3) is 3.15. The van der Waals surface area contributed by atoms with Crippen LogP contribution in [0.3, 0.4) is 0 Å². The van der Waals surface area contributed by atoms with Gasteiger partial charge in [0, 0.05) is 12.4 Å². The molecule has 72 valence electrons. The first kappa shape index (κ1) is 10.2. The van der Waals surface area contributed by atoms with Gasteiger partial charge in [0.15, 0.2) is 0 Å². The number of hydrogen-bond acceptors (Lipinski definition) is 2. The molecule has 0 aliphatic heterocycles. The van der Waals surface area contributed by atoms with E-state index in [2.05, 4.69) is 24.9 Å². The maximum absolute atomic E-state index is 5.70. The molecule has 1 unspecified atom stereocenters. The van der Waals surface area contributed by atoms with Crippen molar-refractivity contribution in [1.29, 1.82) is 0 Å². The van der Waals surface area contributed by atoms with E-state index in [0.717, 1.165) is 13.0 Å². The second kappa shape index (κ2) is 4.97. The molecule has 0 aliphatic rings. The first-order valence-electron chi connectivity index (χ1n) is 4.83. The summed E-state index contributed by atoms with van der Waals surface area (Å²) in [6.07, 6.45) is 4.77. The summed E-state index contributed by atoms with van der Waals surface area (Å²) in [7, 11) is 0. The van der Waals surface area contributed by atoms with Gasteiger partial charge in [-0.05, 0) is 36.4 Å². The van der Waals surface area contributed by atoms with Crippen molar-refractivity contribution in [2.45, 2.75) is 20.3 Å². The summed E-state index contributed by atoms with van der Waals surface area (Å²) in [4.78, 5) is 4.09. The number of rotatable bonds is 4. The molecule has 0 fully saturated rings. The average molecular weight is 178 g/mol. The molecule has 1 aromatic rings. The molecule has 0 spiro atoms. The zero-order chi connectivity index (χ0) is 9.68. The standard InChI is InChI=1S/C11H18N2/c1-9(2)11(7-12)6-10-4-3-5-13-8-10/h3-5,8-9,11H,6-7,12H2,1-2H3. The van der Waals surface area contributed by atoms with Crippen molar-refractivity contribution in [1.82, 2.24) is 4.98 Å². The fraction of sp³-hybridized carbons (Fsp3) is 0.545. The van der Waals surface area contributed by atoms with Crippen molar-refractivity contribution >= 4 is 0 Å². The Balaban J connectivity index is 2.57. The van der Waals surface area contributed by atoms with Crippen LogP contribution >= 0.6 is 0 Å². The second-order valence-corrected chi connectivity index (χ2v) is 3.81. The zero-order valence-corrected chi connectivity index (χ0v) is 8.40. The Labute approximate surface area is 80.2 Å².